The number of hydrogen-bond acceptors (Lipinski definition) is 1. The number of ether oxygens (including phenoxy) is 1. The van der Waals surface area contributed by atoms with E-state index in [4.69, 9.17) is 4.74 Å². The van der Waals surface area contributed by atoms with Gasteiger partial charge in [0.1, 0.15) is 0 Å². The summed E-state index contributed by atoms with van der Waals surface area (Å²) in [6.07, 6.45) is -4.36. The number of alkyl halides is 3. The van der Waals surface area contributed by atoms with E-state index >= 15 is 0 Å². The predicted octanol–water partition coefficient (Wildman–Crippen LogP) is 4.06. The number of aryl methyl sites for hydroxylation is 1. The maximum absolute atomic E-state index is 12.5. The van der Waals surface area contributed by atoms with E-state index < -0.39 is 18.2 Å². The van der Waals surface area contributed by atoms with Gasteiger partial charge in [-0.2, -0.15) is 13.2 Å². The van der Waals surface area contributed by atoms with Crippen LogP contribution < -0.4 is 0 Å². The van der Waals surface area contributed by atoms with Gasteiger partial charge >= 0.3 is 6.18 Å². The zero-order valence-corrected chi connectivity index (χ0v) is 10.3. The van der Waals surface area contributed by atoms with Crippen molar-refractivity contribution in [1.29, 1.82) is 0 Å². The number of rotatable bonds is 4. The Morgan fingerprint density at radius 3 is 2.00 bits per heavy atom. The molecule has 0 bridgehead atoms. The summed E-state index contributed by atoms with van der Waals surface area (Å²) in [5.41, 5.74) is 0.332. The number of methoxy groups -OCH3 is 1. The van der Waals surface area contributed by atoms with Crippen LogP contribution in [0.5, 0.6) is 0 Å². The summed E-state index contributed by atoms with van der Waals surface area (Å²) >= 11 is 0. The standard InChI is InChI=1S/C13H17F3O/c1-4-10-5-7-11(8-6-10)12(2,17-3)9-13(14,15)16/h5-8H,4,9H2,1-3H3. The van der Waals surface area contributed by atoms with Crippen molar-refractivity contribution in [3.8, 4) is 0 Å². The highest BCUT2D eigenvalue weighted by atomic mass is 19.4. The van der Waals surface area contributed by atoms with Crippen LogP contribution in [0.25, 0.3) is 0 Å². The minimum absolute atomic E-state index is 0.550. The Hall–Kier alpha value is -1.03. The number of hydrogen-bond donors (Lipinski definition) is 0. The summed E-state index contributed by atoms with van der Waals surface area (Å²) in [5, 5.41) is 0. The van der Waals surface area contributed by atoms with E-state index in [1.54, 1.807) is 12.1 Å². The van der Waals surface area contributed by atoms with Crippen molar-refractivity contribution in [2.75, 3.05) is 7.11 Å². The van der Waals surface area contributed by atoms with Gasteiger partial charge in [-0.15, -0.1) is 0 Å². The maximum atomic E-state index is 12.5. The van der Waals surface area contributed by atoms with Crippen molar-refractivity contribution in [3.05, 3.63) is 35.4 Å². The van der Waals surface area contributed by atoms with Crippen LogP contribution in [0.15, 0.2) is 24.3 Å². The molecule has 0 saturated carbocycles. The highest BCUT2D eigenvalue weighted by molar-refractivity contribution is 5.27. The van der Waals surface area contributed by atoms with Gasteiger partial charge in [-0.25, -0.2) is 0 Å². The SMILES string of the molecule is CCc1ccc(C(C)(CC(F)(F)F)OC)cc1. The van der Waals surface area contributed by atoms with Gasteiger partial charge in [-0.05, 0) is 24.5 Å². The molecule has 0 fully saturated rings. The van der Waals surface area contributed by atoms with Gasteiger partial charge in [0.2, 0.25) is 0 Å². The molecule has 17 heavy (non-hydrogen) atoms. The average molecular weight is 246 g/mol. The molecule has 0 heterocycles. The van der Waals surface area contributed by atoms with Crippen LogP contribution in [0.3, 0.4) is 0 Å². The second-order valence-corrected chi connectivity index (χ2v) is 4.28. The fourth-order valence-corrected chi connectivity index (χ4v) is 1.77. The summed E-state index contributed by atoms with van der Waals surface area (Å²) < 4.78 is 42.5. The molecule has 0 saturated heterocycles. The van der Waals surface area contributed by atoms with Crippen LogP contribution in [0.2, 0.25) is 0 Å². The number of halogens is 3. The van der Waals surface area contributed by atoms with Crippen molar-refractivity contribution in [3.63, 3.8) is 0 Å². The molecular weight excluding hydrogens is 229 g/mol. The third-order valence-electron chi connectivity index (χ3n) is 2.96. The Morgan fingerprint density at radius 1 is 1.12 bits per heavy atom. The van der Waals surface area contributed by atoms with Crippen LogP contribution >= 0.6 is 0 Å². The molecule has 1 rings (SSSR count). The van der Waals surface area contributed by atoms with Crippen molar-refractivity contribution in [2.24, 2.45) is 0 Å². The maximum Gasteiger partial charge on any atom is 0.392 e. The Morgan fingerprint density at radius 2 is 1.65 bits per heavy atom. The lowest BCUT2D eigenvalue weighted by molar-refractivity contribution is -0.181. The summed E-state index contributed by atoms with van der Waals surface area (Å²) in [6.45, 7) is 3.46. The second kappa shape index (κ2) is 5.08. The molecule has 0 aliphatic heterocycles. The summed E-state index contributed by atoms with van der Waals surface area (Å²) in [6, 6.07) is 7.08. The van der Waals surface area contributed by atoms with E-state index in [1.165, 1.54) is 14.0 Å². The third-order valence-corrected chi connectivity index (χ3v) is 2.96. The molecule has 0 spiro atoms. The minimum Gasteiger partial charge on any atom is -0.373 e. The van der Waals surface area contributed by atoms with Crippen LogP contribution in [0.1, 0.15) is 31.4 Å². The van der Waals surface area contributed by atoms with E-state index in [-0.39, 0.29) is 0 Å². The quantitative estimate of drug-likeness (QED) is 0.778. The molecule has 0 radical (unpaired) electrons. The largest absolute Gasteiger partial charge is 0.392 e. The monoisotopic (exact) mass is 246 g/mol. The van der Waals surface area contributed by atoms with Crippen molar-refractivity contribution in [1.82, 2.24) is 0 Å². The van der Waals surface area contributed by atoms with Gasteiger partial charge in [0.15, 0.2) is 0 Å². The molecule has 1 aromatic carbocycles. The zero-order valence-electron chi connectivity index (χ0n) is 10.3. The molecule has 4 heteroatoms. The van der Waals surface area contributed by atoms with Crippen molar-refractivity contribution >= 4 is 0 Å². The van der Waals surface area contributed by atoms with Gasteiger partial charge in [-0.3, -0.25) is 0 Å². The average Bonchev–Trinajstić information content (AvgIpc) is 2.27. The van der Waals surface area contributed by atoms with Gasteiger partial charge in [0, 0.05) is 7.11 Å². The molecule has 0 aromatic heterocycles. The molecular formula is C13H17F3O. The molecule has 1 unspecified atom stereocenters. The second-order valence-electron chi connectivity index (χ2n) is 4.28. The van der Waals surface area contributed by atoms with E-state index in [0.29, 0.717) is 5.56 Å². The van der Waals surface area contributed by atoms with Gasteiger partial charge in [-0.1, -0.05) is 31.2 Å². The molecule has 96 valence electrons. The van der Waals surface area contributed by atoms with E-state index in [2.05, 4.69) is 0 Å². The molecule has 1 nitrogen and oxygen atoms in total. The normalized spacial score (nSPS) is 15.6. The topological polar surface area (TPSA) is 9.23 Å². The van der Waals surface area contributed by atoms with E-state index in [0.717, 1.165) is 12.0 Å². The van der Waals surface area contributed by atoms with E-state index in [1.807, 2.05) is 19.1 Å². The summed E-state index contributed by atoms with van der Waals surface area (Å²) in [7, 11) is 1.31. The van der Waals surface area contributed by atoms with Crippen LogP contribution in [-0.4, -0.2) is 13.3 Å². The fourth-order valence-electron chi connectivity index (χ4n) is 1.77. The van der Waals surface area contributed by atoms with Crippen molar-refractivity contribution < 1.29 is 17.9 Å². The number of benzene rings is 1. The first-order chi connectivity index (χ1) is 7.80. The third kappa shape index (κ3) is 3.73. The van der Waals surface area contributed by atoms with Crippen LogP contribution in [0.4, 0.5) is 13.2 Å². The van der Waals surface area contributed by atoms with E-state index in [9.17, 15) is 13.2 Å². The van der Waals surface area contributed by atoms with Crippen molar-refractivity contribution in [2.45, 2.75) is 38.5 Å². The zero-order chi connectivity index (χ0) is 13.1. The van der Waals surface area contributed by atoms with Gasteiger partial charge in [0.05, 0.1) is 12.0 Å². The summed E-state index contributed by atoms with van der Waals surface area (Å²) in [5.74, 6) is 0. The molecule has 0 aliphatic rings. The Balaban J connectivity index is 2.99. The Bertz CT molecular complexity index is 356. The molecule has 1 aromatic rings. The Labute approximate surface area is 99.6 Å². The lowest BCUT2D eigenvalue weighted by Gasteiger charge is -2.29. The predicted molar refractivity (Wildman–Crippen MR) is 60.9 cm³/mol. The molecule has 0 N–H and O–H groups in total. The molecule has 0 aliphatic carbocycles. The van der Waals surface area contributed by atoms with Gasteiger partial charge in [0.25, 0.3) is 0 Å². The summed E-state index contributed by atoms with van der Waals surface area (Å²) in [4.78, 5) is 0. The molecule has 0 amide bonds. The highest BCUT2D eigenvalue weighted by Crippen LogP contribution is 2.36. The lowest BCUT2D eigenvalue weighted by Crippen LogP contribution is -2.31. The van der Waals surface area contributed by atoms with Crippen LogP contribution in [-0.2, 0) is 16.8 Å². The first-order valence-corrected chi connectivity index (χ1v) is 5.52. The first kappa shape index (κ1) is 14.0. The van der Waals surface area contributed by atoms with Crippen LogP contribution in [0, 0.1) is 0 Å². The Kier molecular flexibility index (Phi) is 4.20. The first-order valence-electron chi connectivity index (χ1n) is 5.52. The fraction of sp³-hybridized carbons (Fsp3) is 0.538. The molecule has 1 atom stereocenters. The van der Waals surface area contributed by atoms with Gasteiger partial charge < -0.3 is 4.74 Å². The highest BCUT2D eigenvalue weighted by Gasteiger charge is 2.40. The smallest absolute Gasteiger partial charge is 0.373 e. The lowest BCUT2D eigenvalue weighted by atomic mass is 9.91. The minimum atomic E-state index is -4.24.